The molecule has 0 saturated carbocycles. The van der Waals surface area contributed by atoms with E-state index in [-0.39, 0.29) is 16.9 Å². The van der Waals surface area contributed by atoms with Crippen molar-refractivity contribution < 1.29 is 9.59 Å². The average molecular weight is 432 g/mol. The summed E-state index contributed by atoms with van der Waals surface area (Å²) in [5.41, 5.74) is 1.93. The van der Waals surface area contributed by atoms with Gasteiger partial charge < -0.3 is 10.6 Å². The van der Waals surface area contributed by atoms with E-state index >= 15 is 0 Å². The van der Waals surface area contributed by atoms with Crippen molar-refractivity contribution in [1.82, 2.24) is 5.32 Å². The number of fused-ring (bicyclic) bond motifs is 1. The summed E-state index contributed by atoms with van der Waals surface area (Å²) in [6, 6.07) is 24.0. The summed E-state index contributed by atoms with van der Waals surface area (Å²) < 4.78 is 0. The van der Waals surface area contributed by atoms with Crippen LogP contribution in [0.4, 0.5) is 11.4 Å². The molecule has 0 fully saturated rings. The first-order valence-electron chi connectivity index (χ1n) is 9.15. The molecule has 0 aliphatic heterocycles. The molecule has 0 bridgehead atoms. The van der Waals surface area contributed by atoms with Crippen LogP contribution in [0.25, 0.3) is 10.8 Å². The maximum Gasteiger partial charge on any atom is 0.265 e. The molecule has 1 heterocycles. The van der Waals surface area contributed by atoms with Gasteiger partial charge in [-0.2, -0.15) is 0 Å². The average Bonchev–Trinajstić information content (AvgIpc) is 3.30. The van der Waals surface area contributed by atoms with Crippen LogP contribution in [0, 0.1) is 0 Å². The van der Waals surface area contributed by atoms with Crippen molar-refractivity contribution in [2.75, 3.05) is 10.6 Å². The molecular formula is C23H17N3O2S2. The fourth-order valence-corrected chi connectivity index (χ4v) is 3.82. The van der Waals surface area contributed by atoms with Crippen molar-refractivity contribution in [2.24, 2.45) is 0 Å². The van der Waals surface area contributed by atoms with Crippen molar-refractivity contribution in [1.29, 1.82) is 0 Å². The van der Waals surface area contributed by atoms with Crippen LogP contribution >= 0.6 is 23.6 Å². The van der Waals surface area contributed by atoms with Crippen molar-refractivity contribution in [3.05, 3.63) is 94.7 Å². The number of anilines is 2. The minimum Gasteiger partial charge on any atom is -0.332 e. The second-order valence-corrected chi connectivity index (χ2v) is 7.80. The summed E-state index contributed by atoms with van der Waals surface area (Å²) in [7, 11) is 0. The largest absolute Gasteiger partial charge is 0.332 e. The number of amides is 2. The fraction of sp³-hybridized carbons (Fsp3) is 0. The molecule has 148 valence electrons. The van der Waals surface area contributed by atoms with Gasteiger partial charge in [0.25, 0.3) is 11.8 Å². The van der Waals surface area contributed by atoms with Crippen molar-refractivity contribution in [2.45, 2.75) is 0 Å². The minimum absolute atomic E-state index is 0.149. The number of carbonyl (C=O) groups is 2. The Morgan fingerprint density at radius 2 is 1.43 bits per heavy atom. The smallest absolute Gasteiger partial charge is 0.265 e. The van der Waals surface area contributed by atoms with Crippen LogP contribution < -0.4 is 16.0 Å². The number of hydrogen-bond donors (Lipinski definition) is 3. The lowest BCUT2D eigenvalue weighted by atomic mass is 10.0. The Balaban J connectivity index is 1.38. The van der Waals surface area contributed by atoms with Crippen molar-refractivity contribution >= 4 is 62.6 Å². The zero-order valence-corrected chi connectivity index (χ0v) is 17.3. The van der Waals surface area contributed by atoms with Gasteiger partial charge >= 0.3 is 0 Å². The minimum atomic E-state index is -0.274. The van der Waals surface area contributed by atoms with Crippen molar-refractivity contribution in [3.63, 3.8) is 0 Å². The first-order valence-corrected chi connectivity index (χ1v) is 10.4. The first-order chi connectivity index (χ1) is 14.6. The fourth-order valence-electron chi connectivity index (χ4n) is 2.99. The molecule has 4 aromatic rings. The molecule has 7 heteroatoms. The van der Waals surface area contributed by atoms with Gasteiger partial charge in [0, 0.05) is 16.9 Å². The molecule has 3 aromatic carbocycles. The van der Waals surface area contributed by atoms with Crippen LogP contribution in [0.5, 0.6) is 0 Å². The Morgan fingerprint density at radius 1 is 0.733 bits per heavy atom. The number of rotatable bonds is 4. The second-order valence-electron chi connectivity index (χ2n) is 6.44. The van der Waals surface area contributed by atoms with Gasteiger partial charge in [0.1, 0.15) is 0 Å². The zero-order valence-electron chi connectivity index (χ0n) is 15.7. The Labute approximate surface area is 182 Å². The van der Waals surface area contributed by atoms with E-state index in [0.717, 1.165) is 10.8 Å². The number of thiocarbonyl (C=S) groups is 1. The first kappa shape index (κ1) is 19.8. The molecule has 0 atom stereocenters. The Kier molecular flexibility index (Phi) is 5.83. The molecule has 0 unspecified atom stereocenters. The Bertz CT molecular complexity index is 1210. The summed E-state index contributed by atoms with van der Waals surface area (Å²) in [5.74, 6) is -0.423. The van der Waals surface area contributed by atoms with E-state index in [2.05, 4.69) is 16.0 Å². The Hall–Kier alpha value is -3.55. The van der Waals surface area contributed by atoms with Gasteiger partial charge in [0.2, 0.25) is 0 Å². The number of carbonyl (C=O) groups excluding carboxylic acids is 2. The van der Waals surface area contributed by atoms with E-state index in [1.54, 1.807) is 36.4 Å². The van der Waals surface area contributed by atoms with Gasteiger partial charge in [-0.1, -0.05) is 42.5 Å². The Morgan fingerprint density at radius 3 is 2.17 bits per heavy atom. The predicted molar refractivity (Wildman–Crippen MR) is 126 cm³/mol. The highest BCUT2D eigenvalue weighted by Crippen LogP contribution is 2.19. The van der Waals surface area contributed by atoms with Gasteiger partial charge in [0.15, 0.2) is 5.11 Å². The summed E-state index contributed by atoms with van der Waals surface area (Å²) >= 11 is 6.66. The molecule has 0 saturated heterocycles. The maximum atomic E-state index is 12.7. The van der Waals surface area contributed by atoms with Crippen LogP contribution in [0.1, 0.15) is 20.0 Å². The molecule has 0 spiro atoms. The molecule has 30 heavy (non-hydrogen) atoms. The van der Waals surface area contributed by atoms with Crippen LogP contribution in [0.2, 0.25) is 0 Å². The van der Waals surface area contributed by atoms with Gasteiger partial charge in [-0.3, -0.25) is 14.9 Å². The van der Waals surface area contributed by atoms with Crippen LogP contribution in [0.15, 0.2) is 84.2 Å². The van der Waals surface area contributed by atoms with Crippen molar-refractivity contribution in [3.8, 4) is 0 Å². The highest BCUT2D eigenvalue weighted by molar-refractivity contribution is 7.80. The number of nitrogens with one attached hydrogen (secondary N) is 3. The third kappa shape index (κ3) is 4.53. The third-order valence-corrected chi connectivity index (χ3v) is 5.48. The maximum absolute atomic E-state index is 12.7. The summed E-state index contributed by atoms with van der Waals surface area (Å²) in [6.45, 7) is 0. The van der Waals surface area contributed by atoms with Crippen LogP contribution in [0.3, 0.4) is 0 Å². The standard InChI is InChI=1S/C23H17N3O2S2/c27-21(19-8-3-6-15-5-1-2-7-18(15)19)26-23(29)25-17-12-10-16(11-13-17)24-22(28)20-9-4-14-30-20/h1-14H,(H,24,28)(H2,25,26,27,29). The highest BCUT2D eigenvalue weighted by Gasteiger charge is 2.12. The van der Waals surface area contributed by atoms with E-state index in [1.807, 2.05) is 47.8 Å². The van der Waals surface area contributed by atoms with E-state index in [4.69, 9.17) is 12.2 Å². The van der Waals surface area contributed by atoms with Crippen LogP contribution in [-0.2, 0) is 0 Å². The molecule has 5 nitrogen and oxygen atoms in total. The molecule has 0 aliphatic rings. The lowest BCUT2D eigenvalue weighted by molar-refractivity contribution is 0.0978. The van der Waals surface area contributed by atoms with Gasteiger partial charge in [-0.25, -0.2) is 0 Å². The van der Waals surface area contributed by atoms with E-state index in [9.17, 15) is 9.59 Å². The van der Waals surface area contributed by atoms with Crippen LogP contribution in [-0.4, -0.2) is 16.9 Å². The predicted octanol–water partition coefficient (Wildman–Crippen LogP) is 5.28. The van der Waals surface area contributed by atoms with E-state index in [0.29, 0.717) is 21.8 Å². The number of benzene rings is 3. The molecule has 2 amide bonds. The second kappa shape index (κ2) is 8.86. The topological polar surface area (TPSA) is 70.2 Å². The van der Waals surface area contributed by atoms with E-state index in [1.165, 1.54) is 11.3 Å². The molecule has 4 rings (SSSR count). The molecule has 0 radical (unpaired) electrons. The molecular weight excluding hydrogens is 414 g/mol. The summed E-state index contributed by atoms with van der Waals surface area (Å²) in [4.78, 5) is 25.4. The lowest BCUT2D eigenvalue weighted by Crippen LogP contribution is -2.34. The van der Waals surface area contributed by atoms with Gasteiger partial charge in [-0.15, -0.1) is 11.3 Å². The SMILES string of the molecule is O=C(Nc1ccc(NC(=S)NC(=O)c2cccc3ccccc23)cc1)c1cccs1. The van der Waals surface area contributed by atoms with E-state index < -0.39 is 0 Å². The molecule has 0 aliphatic carbocycles. The summed E-state index contributed by atoms with van der Waals surface area (Å²) in [5, 5.41) is 12.5. The number of hydrogen-bond acceptors (Lipinski definition) is 4. The zero-order chi connectivity index (χ0) is 20.9. The van der Waals surface area contributed by atoms with Gasteiger partial charge in [-0.05, 0) is 64.8 Å². The molecule has 3 N–H and O–H groups in total. The quantitative estimate of drug-likeness (QED) is 0.385. The lowest BCUT2D eigenvalue weighted by Gasteiger charge is -2.11. The molecule has 1 aromatic heterocycles. The van der Waals surface area contributed by atoms with Gasteiger partial charge in [0.05, 0.1) is 4.88 Å². The third-order valence-electron chi connectivity index (χ3n) is 4.41. The highest BCUT2D eigenvalue weighted by atomic mass is 32.1. The summed E-state index contributed by atoms with van der Waals surface area (Å²) in [6.07, 6.45) is 0. The monoisotopic (exact) mass is 431 g/mol. The normalized spacial score (nSPS) is 10.4. The number of thiophene rings is 1.